The monoisotopic (exact) mass is 429 g/mol. The van der Waals surface area contributed by atoms with Crippen LogP contribution >= 0.6 is 0 Å². The number of carbonyl (C=O) groups is 1. The highest BCUT2D eigenvalue weighted by atomic mass is 32.2. The minimum absolute atomic E-state index is 0.0759. The summed E-state index contributed by atoms with van der Waals surface area (Å²) in [5.74, 6) is -0.800. The molecule has 6 heteroatoms. The third kappa shape index (κ3) is 4.30. The van der Waals surface area contributed by atoms with Crippen molar-refractivity contribution in [2.24, 2.45) is 5.41 Å². The molecule has 0 radical (unpaired) electrons. The van der Waals surface area contributed by atoms with Gasteiger partial charge in [0.1, 0.15) is 0 Å². The second-order valence-electron chi connectivity index (χ2n) is 8.35. The van der Waals surface area contributed by atoms with E-state index in [-0.39, 0.29) is 16.6 Å². The maximum Gasteiger partial charge on any atom is 0.221 e. The van der Waals surface area contributed by atoms with Gasteiger partial charge in [0.2, 0.25) is 5.91 Å². The normalized spacial score (nSPS) is 25.2. The number of sulfone groups is 1. The number of aliphatic hydroxyl groups excluding tert-OH is 1. The minimum atomic E-state index is -3.62. The van der Waals surface area contributed by atoms with E-state index in [4.69, 9.17) is 0 Å². The number of amides is 1. The zero-order valence-electron chi connectivity index (χ0n) is 17.9. The number of hydrogen-bond donors (Lipinski definition) is 2. The molecule has 1 heterocycles. The Bertz CT molecular complexity index is 1000. The molecule has 2 aromatic rings. The molecule has 2 N–H and O–H groups in total. The highest BCUT2D eigenvalue weighted by Crippen LogP contribution is 2.49. The van der Waals surface area contributed by atoms with Crippen molar-refractivity contribution in [2.75, 3.05) is 11.1 Å². The molecule has 0 saturated carbocycles. The number of fused-ring (bicyclic) bond motifs is 1. The van der Waals surface area contributed by atoms with E-state index >= 15 is 0 Å². The van der Waals surface area contributed by atoms with E-state index in [0.29, 0.717) is 24.1 Å². The minimum Gasteiger partial charge on any atom is -0.392 e. The highest BCUT2D eigenvalue weighted by Gasteiger charge is 2.48. The van der Waals surface area contributed by atoms with Gasteiger partial charge in [0, 0.05) is 23.9 Å². The van der Waals surface area contributed by atoms with Crippen LogP contribution in [0, 0.1) is 5.41 Å². The molecule has 5 nitrogen and oxygen atoms in total. The average Bonchev–Trinajstić information content (AvgIpc) is 2.78. The van der Waals surface area contributed by atoms with Crippen LogP contribution in [-0.2, 0) is 14.6 Å². The predicted octanol–water partition coefficient (Wildman–Crippen LogP) is 4.51. The molecule has 0 bridgehead atoms. The molecule has 30 heavy (non-hydrogen) atoms. The van der Waals surface area contributed by atoms with Crippen LogP contribution in [0.5, 0.6) is 0 Å². The van der Waals surface area contributed by atoms with Crippen molar-refractivity contribution in [3.8, 4) is 0 Å². The van der Waals surface area contributed by atoms with Crippen LogP contribution in [0.15, 0.2) is 53.4 Å². The summed E-state index contributed by atoms with van der Waals surface area (Å²) in [5.41, 5.74) is 1.22. The standard InChI is InChI=1S/C24H31NO4S/c1-4-6-14-24(5-2)16-30(28,29)21-13-12-19(25-17(3)26)15-20(21)22(23(24)27)18-10-8-7-9-11-18/h7-13,15,22-23,27H,4-6,14,16H2,1-3H3,(H,25,26)/t22-,23-,24-/m1/s1. The Morgan fingerprint density at radius 1 is 1.17 bits per heavy atom. The fourth-order valence-electron chi connectivity index (χ4n) is 4.68. The number of rotatable bonds is 6. The molecule has 0 aromatic heterocycles. The molecule has 0 fully saturated rings. The van der Waals surface area contributed by atoms with Gasteiger partial charge < -0.3 is 10.4 Å². The van der Waals surface area contributed by atoms with Crippen LogP contribution in [-0.4, -0.2) is 31.3 Å². The van der Waals surface area contributed by atoms with E-state index < -0.39 is 27.3 Å². The molecular formula is C24H31NO4S. The first-order chi connectivity index (χ1) is 14.2. The highest BCUT2D eigenvalue weighted by molar-refractivity contribution is 7.91. The van der Waals surface area contributed by atoms with Crippen molar-refractivity contribution < 1.29 is 18.3 Å². The van der Waals surface area contributed by atoms with Gasteiger partial charge in [-0.15, -0.1) is 0 Å². The molecule has 1 aliphatic heterocycles. The Hall–Kier alpha value is -2.18. The summed E-state index contributed by atoms with van der Waals surface area (Å²) in [6.07, 6.45) is 2.15. The average molecular weight is 430 g/mol. The van der Waals surface area contributed by atoms with Gasteiger partial charge in [0.25, 0.3) is 0 Å². The molecule has 0 saturated heterocycles. The summed E-state index contributed by atoms with van der Waals surface area (Å²) >= 11 is 0. The zero-order chi connectivity index (χ0) is 21.9. The molecule has 0 spiro atoms. The van der Waals surface area contributed by atoms with Gasteiger partial charge in [-0.2, -0.15) is 0 Å². The number of benzene rings is 2. The first-order valence-corrected chi connectivity index (χ1v) is 12.3. The Morgan fingerprint density at radius 3 is 2.47 bits per heavy atom. The second kappa shape index (κ2) is 8.90. The summed E-state index contributed by atoms with van der Waals surface area (Å²) in [7, 11) is -3.62. The second-order valence-corrected chi connectivity index (χ2v) is 10.3. The number of carbonyl (C=O) groups excluding carboxylic acids is 1. The van der Waals surface area contributed by atoms with E-state index in [0.717, 1.165) is 18.4 Å². The van der Waals surface area contributed by atoms with Crippen LogP contribution in [0.4, 0.5) is 5.69 Å². The molecule has 0 aliphatic carbocycles. The van der Waals surface area contributed by atoms with Crippen LogP contribution in [0.25, 0.3) is 0 Å². The van der Waals surface area contributed by atoms with Crippen molar-refractivity contribution in [1.82, 2.24) is 0 Å². The van der Waals surface area contributed by atoms with Gasteiger partial charge in [-0.3, -0.25) is 4.79 Å². The summed E-state index contributed by atoms with van der Waals surface area (Å²) in [6.45, 7) is 5.46. The SMILES string of the molecule is CCCC[C@]1(CC)CS(=O)(=O)c2ccc(NC(C)=O)cc2[C@@H](c2ccccc2)[C@H]1O. The van der Waals surface area contributed by atoms with Crippen molar-refractivity contribution in [2.45, 2.75) is 63.4 Å². The first-order valence-electron chi connectivity index (χ1n) is 10.6. The lowest BCUT2D eigenvalue weighted by atomic mass is 9.69. The Kier molecular flexibility index (Phi) is 6.68. The maximum absolute atomic E-state index is 13.5. The number of hydrogen-bond acceptors (Lipinski definition) is 4. The van der Waals surface area contributed by atoms with Crippen molar-refractivity contribution >= 4 is 21.4 Å². The molecule has 162 valence electrons. The third-order valence-corrected chi connectivity index (χ3v) is 8.31. The van der Waals surface area contributed by atoms with Crippen LogP contribution in [0.3, 0.4) is 0 Å². The van der Waals surface area contributed by atoms with E-state index in [9.17, 15) is 18.3 Å². The Balaban J connectivity index is 2.28. The summed E-state index contributed by atoms with van der Waals surface area (Å²) in [5, 5.41) is 14.5. The smallest absolute Gasteiger partial charge is 0.221 e. The predicted molar refractivity (Wildman–Crippen MR) is 119 cm³/mol. The largest absolute Gasteiger partial charge is 0.392 e. The zero-order valence-corrected chi connectivity index (χ0v) is 18.7. The van der Waals surface area contributed by atoms with E-state index in [2.05, 4.69) is 12.2 Å². The lowest BCUT2D eigenvalue weighted by Gasteiger charge is -2.39. The Labute approximate surface area is 179 Å². The van der Waals surface area contributed by atoms with E-state index in [1.54, 1.807) is 18.2 Å². The topological polar surface area (TPSA) is 83.5 Å². The van der Waals surface area contributed by atoms with Crippen LogP contribution in [0.2, 0.25) is 0 Å². The molecule has 3 rings (SSSR count). The third-order valence-electron chi connectivity index (χ3n) is 6.31. The number of aliphatic hydroxyl groups is 1. The van der Waals surface area contributed by atoms with Gasteiger partial charge in [-0.25, -0.2) is 8.42 Å². The number of nitrogens with one attached hydrogen (secondary N) is 1. The maximum atomic E-state index is 13.5. The summed E-state index contributed by atoms with van der Waals surface area (Å²) < 4.78 is 27.0. The lowest BCUT2D eigenvalue weighted by Crippen LogP contribution is -2.42. The van der Waals surface area contributed by atoms with Gasteiger partial charge in [0.15, 0.2) is 9.84 Å². The molecular weight excluding hydrogens is 398 g/mol. The van der Waals surface area contributed by atoms with Crippen LogP contribution < -0.4 is 5.32 Å². The molecule has 0 unspecified atom stereocenters. The molecule has 2 aromatic carbocycles. The van der Waals surface area contributed by atoms with Crippen molar-refractivity contribution in [3.63, 3.8) is 0 Å². The van der Waals surface area contributed by atoms with Gasteiger partial charge in [-0.05, 0) is 42.2 Å². The van der Waals surface area contributed by atoms with Crippen molar-refractivity contribution in [3.05, 3.63) is 59.7 Å². The lowest BCUT2D eigenvalue weighted by molar-refractivity contribution is -0.114. The fourth-order valence-corrected chi connectivity index (χ4v) is 6.93. The van der Waals surface area contributed by atoms with Crippen molar-refractivity contribution in [1.29, 1.82) is 0 Å². The van der Waals surface area contributed by atoms with Gasteiger partial charge >= 0.3 is 0 Å². The van der Waals surface area contributed by atoms with E-state index in [1.165, 1.54) is 6.92 Å². The first kappa shape index (κ1) is 22.5. The quantitative estimate of drug-likeness (QED) is 0.708. The van der Waals surface area contributed by atoms with E-state index in [1.807, 2.05) is 37.3 Å². The summed E-state index contributed by atoms with van der Waals surface area (Å²) in [6, 6.07) is 14.5. The number of unbranched alkanes of at least 4 members (excludes halogenated alkanes) is 1. The fraction of sp³-hybridized carbons (Fsp3) is 0.458. The number of anilines is 1. The molecule has 3 atom stereocenters. The van der Waals surface area contributed by atoms with Crippen LogP contribution in [0.1, 0.15) is 63.5 Å². The van der Waals surface area contributed by atoms with Gasteiger partial charge in [-0.1, -0.05) is 57.0 Å². The summed E-state index contributed by atoms with van der Waals surface area (Å²) in [4.78, 5) is 11.8. The Morgan fingerprint density at radius 2 is 1.87 bits per heavy atom. The molecule has 1 amide bonds. The van der Waals surface area contributed by atoms with Gasteiger partial charge in [0.05, 0.1) is 16.8 Å². The molecule has 1 aliphatic rings.